The average molecular weight is 193 g/mol. The van der Waals surface area contributed by atoms with E-state index in [2.05, 4.69) is 6.07 Å². The smallest absolute Gasteiger partial charge is 0.164 e. The molecule has 1 aliphatic rings. The van der Waals surface area contributed by atoms with Gasteiger partial charge in [0.05, 0.1) is 13.7 Å². The number of hydrogen-bond donors (Lipinski definition) is 1. The quantitative estimate of drug-likeness (QED) is 0.782. The highest BCUT2D eigenvalue weighted by Crippen LogP contribution is 2.37. The summed E-state index contributed by atoms with van der Waals surface area (Å²) < 4.78 is 10.8. The van der Waals surface area contributed by atoms with Crippen molar-refractivity contribution in [2.75, 3.05) is 20.3 Å². The molecular formula is C11H15NO2. The van der Waals surface area contributed by atoms with Crippen molar-refractivity contribution in [1.29, 1.82) is 0 Å². The Hall–Kier alpha value is -1.22. The van der Waals surface area contributed by atoms with Crippen LogP contribution in [0.5, 0.6) is 11.5 Å². The van der Waals surface area contributed by atoms with E-state index in [0.29, 0.717) is 6.54 Å². The van der Waals surface area contributed by atoms with E-state index in [1.54, 1.807) is 7.11 Å². The highest BCUT2D eigenvalue weighted by atomic mass is 16.5. The lowest BCUT2D eigenvalue weighted by molar-refractivity contribution is 0.326. The Bertz CT molecular complexity index is 336. The molecule has 0 spiro atoms. The largest absolute Gasteiger partial charge is 0.493 e. The minimum absolute atomic E-state index is 0.679. The number of benzene rings is 1. The maximum Gasteiger partial charge on any atom is 0.164 e. The van der Waals surface area contributed by atoms with Crippen LogP contribution in [0, 0.1) is 0 Å². The van der Waals surface area contributed by atoms with Crippen LogP contribution in [-0.4, -0.2) is 20.3 Å². The van der Waals surface area contributed by atoms with E-state index >= 15 is 0 Å². The summed E-state index contributed by atoms with van der Waals surface area (Å²) in [4.78, 5) is 0. The van der Waals surface area contributed by atoms with Crippen LogP contribution in [0.1, 0.15) is 11.1 Å². The molecular weight excluding hydrogens is 178 g/mol. The van der Waals surface area contributed by atoms with Crippen LogP contribution in [0.3, 0.4) is 0 Å². The van der Waals surface area contributed by atoms with Crippen molar-refractivity contribution in [1.82, 2.24) is 0 Å². The molecule has 3 nitrogen and oxygen atoms in total. The van der Waals surface area contributed by atoms with E-state index in [1.807, 2.05) is 6.07 Å². The van der Waals surface area contributed by atoms with E-state index in [9.17, 15) is 0 Å². The van der Waals surface area contributed by atoms with Gasteiger partial charge >= 0.3 is 0 Å². The van der Waals surface area contributed by atoms with E-state index < -0.39 is 0 Å². The summed E-state index contributed by atoms with van der Waals surface area (Å²) in [5.41, 5.74) is 8.12. The highest BCUT2D eigenvalue weighted by molar-refractivity contribution is 5.52. The Balaban J connectivity index is 2.42. The summed E-state index contributed by atoms with van der Waals surface area (Å²) in [7, 11) is 1.67. The fourth-order valence-electron chi connectivity index (χ4n) is 1.89. The Morgan fingerprint density at radius 3 is 3.07 bits per heavy atom. The van der Waals surface area contributed by atoms with Crippen LogP contribution in [0.25, 0.3) is 0 Å². The lowest BCUT2D eigenvalue weighted by Gasteiger charge is -2.09. The van der Waals surface area contributed by atoms with Crippen molar-refractivity contribution in [3.8, 4) is 11.5 Å². The molecule has 1 heterocycles. The molecule has 0 unspecified atom stereocenters. The molecule has 76 valence electrons. The number of methoxy groups -OCH3 is 1. The molecule has 0 aromatic heterocycles. The van der Waals surface area contributed by atoms with Crippen molar-refractivity contribution in [2.24, 2.45) is 5.73 Å². The van der Waals surface area contributed by atoms with Gasteiger partial charge in [0.15, 0.2) is 11.5 Å². The fraction of sp³-hybridized carbons (Fsp3) is 0.455. The molecule has 1 aliphatic heterocycles. The zero-order chi connectivity index (χ0) is 9.97. The number of rotatable bonds is 3. The standard InChI is InChI=1S/C11H15NO2/c1-13-10-3-2-8(4-6-12)9-5-7-14-11(9)10/h2-3H,4-7,12H2,1H3. The van der Waals surface area contributed by atoms with E-state index in [-0.39, 0.29) is 0 Å². The van der Waals surface area contributed by atoms with E-state index in [4.69, 9.17) is 15.2 Å². The Kier molecular flexibility index (Phi) is 2.59. The normalized spacial score (nSPS) is 13.6. The summed E-state index contributed by atoms with van der Waals surface area (Å²) in [5.74, 6) is 1.75. The van der Waals surface area contributed by atoms with Crippen molar-refractivity contribution in [3.63, 3.8) is 0 Å². The molecule has 2 rings (SSSR count). The zero-order valence-electron chi connectivity index (χ0n) is 8.38. The maximum absolute atomic E-state index is 5.55. The minimum Gasteiger partial charge on any atom is -0.493 e. The lowest BCUT2D eigenvalue weighted by atomic mass is 10.0. The second-order valence-corrected chi connectivity index (χ2v) is 3.37. The van der Waals surface area contributed by atoms with Gasteiger partial charge in [0.1, 0.15) is 0 Å². The first-order chi connectivity index (χ1) is 6.86. The summed E-state index contributed by atoms with van der Waals surface area (Å²) in [6.45, 7) is 1.44. The Labute approximate surface area is 83.8 Å². The first-order valence-electron chi connectivity index (χ1n) is 4.88. The molecule has 1 aromatic carbocycles. The van der Waals surface area contributed by atoms with Crippen LogP contribution < -0.4 is 15.2 Å². The fourth-order valence-corrected chi connectivity index (χ4v) is 1.89. The molecule has 0 amide bonds. The molecule has 0 aliphatic carbocycles. The number of ether oxygens (including phenoxy) is 2. The van der Waals surface area contributed by atoms with Crippen LogP contribution in [0.4, 0.5) is 0 Å². The Morgan fingerprint density at radius 1 is 1.50 bits per heavy atom. The molecule has 14 heavy (non-hydrogen) atoms. The zero-order valence-corrected chi connectivity index (χ0v) is 8.38. The molecule has 1 aromatic rings. The average Bonchev–Trinajstić information content (AvgIpc) is 2.67. The van der Waals surface area contributed by atoms with Gasteiger partial charge in [-0.05, 0) is 24.6 Å². The minimum atomic E-state index is 0.679. The first-order valence-corrected chi connectivity index (χ1v) is 4.88. The summed E-state index contributed by atoms with van der Waals surface area (Å²) in [6.07, 6.45) is 1.89. The topological polar surface area (TPSA) is 44.5 Å². The molecule has 2 N–H and O–H groups in total. The summed E-state index contributed by atoms with van der Waals surface area (Å²) in [5, 5.41) is 0. The molecule has 0 fully saturated rings. The highest BCUT2D eigenvalue weighted by Gasteiger charge is 2.19. The predicted octanol–water partition coefficient (Wildman–Crippen LogP) is 1.13. The third-order valence-corrected chi connectivity index (χ3v) is 2.55. The molecule has 0 saturated heterocycles. The van der Waals surface area contributed by atoms with Gasteiger partial charge in [-0.3, -0.25) is 0 Å². The van der Waals surface area contributed by atoms with Gasteiger partial charge in [-0.2, -0.15) is 0 Å². The SMILES string of the molecule is COc1ccc(CCN)c2c1OCC2. The van der Waals surface area contributed by atoms with Crippen LogP contribution >= 0.6 is 0 Å². The third-order valence-electron chi connectivity index (χ3n) is 2.55. The molecule has 0 atom stereocenters. The second-order valence-electron chi connectivity index (χ2n) is 3.37. The van der Waals surface area contributed by atoms with Gasteiger partial charge in [-0.25, -0.2) is 0 Å². The number of nitrogens with two attached hydrogens (primary N) is 1. The van der Waals surface area contributed by atoms with Crippen molar-refractivity contribution >= 4 is 0 Å². The lowest BCUT2D eigenvalue weighted by Crippen LogP contribution is -2.04. The van der Waals surface area contributed by atoms with E-state index in [1.165, 1.54) is 11.1 Å². The van der Waals surface area contributed by atoms with Crippen molar-refractivity contribution < 1.29 is 9.47 Å². The van der Waals surface area contributed by atoms with Gasteiger partial charge in [-0.1, -0.05) is 6.07 Å². The van der Waals surface area contributed by atoms with Gasteiger partial charge in [0.25, 0.3) is 0 Å². The van der Waals surface area contributed by atoms with Gasteiger partial charge in [0, 0.05) is 12.0 Å². The monoisotopic (exact) mass is 193 g/mol. The van der Waals surface area contributed by atoms with Crippen molar-refractivity contribution in [2.45, 2.75) is 12.8 Å². The number of hydrogen-bond acceptors (Lipinski definition) is 3. The molecule has 0 bridgehead atoms. The van der Waals surface area contributed by atoms with Crippen LogP contribution in [0.15, 0.2) is 12.1 Å². The molecule has 0 saturated carbocycles. The van der Waals surface area contributed by atoms with Crippen LogP contribution in [0.2, 0.25) is 0 Å². The predicted molar refractivity (Wildman–Crippen MR) is 55.0 cm³/mol. The van der Waals surface area contributed by atoms with Gasteiger partial charge in [0.2, 0.25) is 0 Å². The Morgan fingerprint density at radius 2 is 2.36 bits per heavy atom. The van der Waals surface area contributed by atoms with Crippen molar-refractivity contribution in [3.05, 3.63) is 23.3 Å². The second kappa shape index (κ2) is 3.88. The molecule has 3 heteroatoms. The molecule has 0 radical (unpaired) electrons. The van der Waals surface area contributed by atoms with Crippen LogP contribution in [-0.2, 0) is 12.8 Å². The van der Waals surface area contributed by atoms with E-state index in [0.717, 1.165) is 30.9 Å². The number of fused-ring (bicyclic) bond motifs is 1. The van der Waals surface area contributed by atoms with Gasteiger partial charge in [-0.15, -0.1) is 0 Å². The summed E-state index contributed by atoms with van der Waals surface area (Å²) in [6, 6.07) is 4.04. The van der Waals surface area contributed by atoms with Gasteiger partial charge < -0.3 is 15.2 Å². The maximum atomic E-state index is 5.55. The third kappa shape index (κ3) is 1.44. The first kappa shape index (κ1) is 9.34. The summed E-state index contributed by atoms with van der Waals surface area (Å²) >= 11 is 0.